The number of halogens is 1. The van der Waals surface area contributed by atoms with Gasteiger partial charge in [0.1, 0.15) is 11.6 Å². The minimum atomic E-state index is -0.746. The lowest BCUT2D eigenvalue weighted by Gasteiger charge is -2.15. The minimum Gasteiger partial charge on any atom is -0.481 e. The van der Waals surface area contributed by atoms with Crippen LogP contribution in [0.2, 0.25) is 0 Å². The van der Waals surface area contributed by atoms with Gasteiger partial charge in [0.15, 0.2) is 6.10 Å². The molecule has 4 rings (SSSR count). The number of rotatable bonds is 5. The summed E-state index contributed by atoms with van der Waals surface area (Å²) in [5, 5.41) is 2.63. The second-order valence-electron chi connectivity index (χ2n) is 6.53. The van der Waals surface area contributed by atoms with E-state index in [-0.39, 0.29) is 5.91 Å². The molecule has 1 amide bonds. The standard InChI is InChI=1S/C23H18FN3O2/c1-15(23(28)26-18-6-4-5-17(24)13-18)29-19-11-9-16(10-12-19)22-14-25-20-7-2-3-8-21(20)27-22/h2-15H,1H3,(H,26,28)/t15-/m0/s1. The number of hydrogen-bond donors (Lipinski definition) is 1. The van der Waals surface area contributed by atoms with E-state index in [1.807, 2.05) is 36.4 Å². The number of benzene rings is 3. The molecule has 4 aromatic rings. The first-order valence-corrected chi connectivity index (χ1v) is 9.14. The number of amides is 1. The zero-order chi connectivity index (χ0) is 20.2. The molecule has 6 heteroatoms. The van der Waals surface area contributed by atoms with Crippen LogP contribution in [-0.4, -0.2) is 22.0 Å². The predicted octanol–water partition coefficient (Wildman–Crippen LogP) is 4.84. The van der Waals surface area contributed by atoms with Crippen LogP contribution in [0.25, 0.3) is 22.3 Å². The van der Waals surface area contributed by atoms with Crippen LogP contribution >= 0.6 is 0 Å². The largest absolute Gasteiger partial charge is 0.481 e. The number of carbonyl (C=O) groups is 1. The Kier molecular flexibility index (Phi) is 5.16. The first-order chi connectivity index (χ1) is 14.1. The SMILES string of the molecule is C[C@H](Oc1ccc(-c2cnc3ccccc3n2)cc1)C(=O)Nc1cccc(F)c1. The molecule has 1 heterocycles. The number of para-hydroxylation sites is 2. The second-order valence-corrected chi connectivity index (χ2v) is 6.53. The van der Waals surface area contributed by atoms with E-state index in [1.165, 1.54) is 18.2 Å². The number of aromatic nitrogens is 2. The Labute approximate surface area is 167 Å². The molecule has 0 aliphatic rings. The summed E-state index contributed by atoms with van der Waals surface area (Å²) in [6.45, 7) is 1.64. The summed E-state index contributed by atoms with van der Waals surface area (Å²) in [4.78, 5) is 21.3. The molecule has 0 unspecified atom stereocenters. The van der Waals surface area contributed by atoms with Gasteiger partial charge in [0.2, 0.25) is 0 Å². The fourth-order valence-electron chi connectivity index (χ4n) is 2.87. The third kappa shape index (κ3) is 4.38. The summed E-state index contributed by atoms with van der Waals surface area (Å²) in [7, 11) is 0. The van der Waals surface area contributed by atoms with E-state index < -0.39 is 11.9 Å². The number of carbonyl (C=O) groups excluding carboxylic acids is 1. The molecule has 0 saturated heterocycles. The summed E-state index contributed by atoms with van der Waals surface area (Å²) in [5.41, 5.74) is 3.71. The third-order valence-corrected chi connectivity index (χ3v) is 4.37. The lowest BCUT2D eigenvalue weighted by molar-refractivity contribution is -0.122. The van der Waals surface area contributed by atoms with Crippen LogP contribution in [0.1, 0.15) is 6.92 Å². The van der Waals surface area contributed by atoms with Crippen LogP contribution in [0.4, 0.5) is 10.1 Å². The molecule has 0 bridgehead atoms. The Balaban J connectivity index is 1.43. The topological polar surface area (TPSA) is 64.1 Å². The molecule has 1 N–H and O–H groups in total. The van der Waals surface area contributed by atoms with Gasteiger partial charge in [0.25, 0.3) is 5.91 Å². The fourth-order valence-corrected chi connectivity index (χ4v) is 2.87. The van der Waals surface area contributed by atoms with Gasteiger partial charge < -0.3 is 10.1 Å². The quantitative estimate of drug-likeness (QED) is 0.532. The number of nitrogens with one attached hydrogen (secondary N) is 1. The van der Waals surface area contributed by atoms with Gasteiger partial charge in [0.05, 0.1) is 22.9 Å². The monoisotopic (exact) mass is 387 g/mol. The summed E-state index contributed by atoms with van der Waals surface area (Å²) < 4.78 is 18.9. The number of hydrogen-bond acceptors (Lipinski definition) is 4. The highest BCUT2D eigenvalue weighted by atomic mass is 19.1. The highest BCUT2D eigenvalue weighted by Crippen LogP contribution is 2.23. The van der Waals surface area contributed by atoms with E-state index in [9.17, 15) is 9.18 Å². The first-order valence-electron chi connectivity index (χ1n) is 9.14. The Morgan fingerprint density at radius 2 is 1.76 bits per heavy atom. The lowest BCUT2D eigenvalue weighted by Crippen LogP contribution is -2.30. The van der Waals surface area contributed by atoms with E-state index in [4.69, 9.17) is 4.74 Å². The van der Waals surface area contributed by atoms with E-state index >= 15 is 0 Å². The van der Waals surface area contributed by atoms with Crippen molar-refractivity contribution in [1.29, 1.82) is 0 Å². The lowest BCUT2D eigenvalue weighted by atomic mass is 10.1. The number of fused-ring (bicyclic) bond motifs is 1. The maximum Gasteiger partial charge on any atom is 0.265 e. The molecule has 0 radical (unpaired) electrons. The van der Waals surface area contributed by atoms with Gasteiger partial charge in [-0.1, -0.05) is 18.2 Å². The average Bonchev–Trinajstić information content (AvgIpc) is 2.74. The Morgan fingerprint density at radius 3 is 2.52 bits per heavy atom. The number of anilines is 1. The number of ether oxygens (including phenoxy) is 1. The van der Waals surface area contributed by atoms with Gasteiger partial charge in [0, 0.05) is 11.3 Å². The Bertz CT molecular complexity index is 1160. The van der Waals surface area contributed by atoms with Crippen molar-refractivity contribution in [2.45, 2.75) is 13.0 Å². The van der Waals surface area contributed by atoms with E-state index in [0.717, 1.165) is 22.3 Å². The smallest absolute Gasteiger partial charge is 0.265 e. The first kappa shape index (κ1) is 18.6. The molecule has 144 valence electrons. The van der Waals surface area contributed by atoms with Gasteiger partial charge >= 0.3 is 0 Å². The molecule has 0 aliphatic heterocycles. The van der Waals surface area contributed by atoms with Gasteiger partial charge in [-0.25, -0.2) is 9.37 Å². The number of nitrogens with zero attached hydrogens (tertiary/aromatic N) is 2. The van der Waals surface area contributed by atoms with E-state index in [1.54, 1.807) is 31.3 Å². The second kappa shape index (κ2) is 8.06. The van der Waals surface area contributed by atoms with Crippen LogP contribution < -0.4 is 10.1 Å². The zero-order valence-corrected chi connectivity index (χ0v) is 15.7. The summed E-state index contributed by atoms with van der Waals surface area (Å²) in [6.07, 6.45) is 0.984. The van der Waals surface area contributed by atoms with E-state index in [2.05, 4.69) is 15.3 Å². The van der Waals surface area contributed by atoms with Gasteiger partial charge in [-0.15, -0.1) is 0 Å². The average molecular weight is 387 g/mol. The summed E-state index contributed by atoms with van der Waals surface area (Å²) in [6, 6.07) is 20.7. The van der Waals surface area contributed by atoms with Crippen molar-refractivity contribution in [2.24, 2.45) is 0 Å². The Morgan fingerprint density at radius 1 is 1.00 bits per heavy atom. The summed E-state index contributed by atoms with van der Waals surface area (Å²) >= 11 is 0. The highest BCUT2D eigenvalue weighted by Gasteiger charge is 2.15. The van der Waals surface area contributed by atoms with Crippen LogP contribution in [-0.2, 0) is 4.79 Å². The maximum atomic E-state index is 13.2. The molecule has 3 aromatic carbocycles. The van der Waals surface area contributed by atoms with Gasteiger partial charge in [-0.2, -0.15) is 0 Å². The molecule has 5 nitrogen and oxygen atoms in total. The van der Waals surface area contributed by atoms with Crippen LogP contribution in [0, 0.1) is 5.82 Å². The van der Waals surface area contributed by atoms with Crippen LogP contribution in [0.15, 0.2) is 79.0 Å². The molecule has 1 atom stereocenters. The third-order valence-electron chi connectivity index (χ3n) is 4.37. The highest BCUT2D eigenvalue weighted by molar-refractivity contribution is 5.94. The molecule has 0 spiro atoms. The van der Waals surface area contributed by atoms with Crippen molar-refractivity contribution < 1.29 is 13.9 Å². The van der Waals surface area contributed by atoms with Crippen molar-refractivity contribution in [3.05, 3.63) is 84.8 Å². The van der Waals surface area contributed by atoms with Crippen LogP contribution in [0.3, 0.4) is 0 Å². The fraction of sp³-hybridized carbons (Fsp3) is 0.0870. The van der Waals surface area contributed by atoms with Gasteiger partial charge in [-0.3, -0.25) is 9.78 Å². The van der Waals surface area contributed by atoms with Crippen molar-refractivity contribution in [3.8, 4) is 17.0 Å². The van der Waals surface area contributed by atoms with E-state index in [0.29, 0.717) is 11.4 Å². The molecule has 0 fully saturated rings. The zero-order valence-electron chi connectivity index (χ0n) is 15.7. The molecule has 0 saturated carbocycles. The van der Waals surface area contributed by atoms with Crippen molar-refractivity contribution in [2.75, 3.05) is 5.32 Å². The Hall–Kier alpha value is -3.80. The predicted molar refractivity (Wildman–Crippen MR) is 110 cm³/mol. The van der Waals surface area contributed by atoms with Crippen molar-refractivity contribution in [1.82, 2.24) is 9.97 Å². The van der Waals surface area contributed by atoms with Crippen molar-refractivity contribution >= 4 is 22.6 Å². The molecule has 1 aromatic heterocycles. The molecule has 0 aliphatic carbocycles. The molecular weight excluding hydrogens is 369 g/mol. The summed E-state index contributed by atoms with van der Waals surface area (Å²) in [5.74, 6) is -0.229. The maximum absolute atomic E-state index is 13.2. The van der Waals surface area contributed by atoms with Gasteiger partial charge in [-0.05, 0) is 61.5 Å². The normalized spacial score (nSPS) is 11.8. The van der Waals surface area contributed by atoms with Crippen LogP contribution in [0.5, 0.6) is 5.75 Å². The minimum absolute atomic E-state index is 0.361. The molecular formula is C23H18FN3O2. The molecule has 29 heavy (non-hydrogen) atoms. The van der Waals surface area contributed by atoms with Crippen molar-refractivity contribution in [3.63, 3.8) is 0 Å².